The van der Waals surface area contributed by atoms with E-state index in [1.165, 1.54) is 24.5 Å². The number of nitrogens with two attached hydrogens (primary N) is 1. The highest BCUT2D eigenvalue weighted by Crippen LogP contribution is 2.36. The summed E-state index contributed by atoms with van der Waals surface area (Å²) >= 11 is 9.88. The number of sulfonamides is 1. The number of nitrogens with one attached hydrogen (secondary N) is 1. The number of hydrogen-bond acceptors (Lipinski definition) is 5. The van der Waals surface area contributed by atoms with E-state index in [0.717, 1.165) is 24.3 Å². The first kappa shape index (κ1) is 27.8. The zero-order valence-electron chi connectivity index (χ0n) is 17.3. The van der Waals surface area contributed by atoms with Crippen molar-refractivity contribution < 1.29 is 30.9 Å². The van der Waals surface area contributed by atoms with Crippen molar-refractivity contribution in [3.63, 3.8) is 0 Å². The molecule has 0 aliphatic carbocycles. The van der Waals surface area contributed by atoms with E-state index in [4.69, 9.17) is 28.9 Å². The van der Waals surface area contributed by atoms with Gasteiger partial charge in [-0.05, 0) is 47.6 Å². The van der Waals surface area contributed by atoms with Gasteiger partial charge < -0.3 is 10.3 Å². The van der Waals surface area contributed by atoms with Crippen molar-refractivity contribution >= 4 is 50.2 Å². The van der Waals surface area contributed by atoms with Crippen molar-refractivity contribution in [1.29, 1.82) is 0 Å². The van der Waals surface area contributed by atoms with Crippen LogP contribution < -0.4 is 10.5 Å². The molecule has 2 aromatic rings. The van der Waals surface area contributed by atoms with Gasteiger partial charge in [0.25, 0.3) is 10.0 Å². The molecule has 0 fully saturated rings. The lowest BCUT2D eigenvalue weighted by Gasteiger charge is -2.15. The number of carbonyl (C=O) groups excluding carboxylic acids is 1. The fourth-order valence-corrected chi connectivity index (χ4v) is 4.79. The number of halogens is 5. The molecular formula is C21H17Cl2F3N2O4S2. The van der Waals surface area contributed by atoms with E-state index in [2.05, 4.69) is 6.58 Å². The summed E-state index contributed by atoms with van der Waals surface area (Å²) in [4.78, 5) is 12.4. The second-order valence-corrected chi connectivity index (χ2v) is 10.5. The number of Topliss-reactive ketones (excluding diaryl/α,β-unsaturated/α-hetero) is 1. The smallest absolute Gasteiger partial charge is 0.417 e. The summed E-state index contributed by atoms with van der Waals surface area (Å²) in [6, 6.07) is 7.77. The zero-order valence-corrected chi connectivity index (χ0v) is 20.5. The number of ketones is 1. The van der Waals surface area contributed by atoms with Gasteiger partial charge >= 0.3 is 6.18 Å². The lowest BCUT2D eigenvalue weighted by Crippen LogP contribution is -2.28. The molecule has 0 radical (unpaired) electrons. The number of allylic oxidation sites excluding steroid dienone is 4. The summed E-state index contributed by atoms with van der Waals surface area (Å²) in [6.45, 7) is 3.41. The molecule has 0 spiro atoms. The molecule has 1 atom stereocenters. The quantitative estimate of drug-likeness (QED) is 0.212. The van der Waals surface area contributed by atoms with Crippen LogP contribution in [0.15, 0.2) is 87.4 Å². The van der Waals surface area contributed by atoms with E-state index in [0.29, 0.717) is 6.07 Å². The van der Waals surface area contributed by atoms with Gasteiger partial charge in [-0.15, -0.1) is 0 Å². The topological polar surface area (TPSA) is 112 Å². The Morgan fingerprint density at radius 3 is 2.41 bits per heavy atom. The third kappa shape index (κ3) is 6.57. The molecule has 6 nitrogen and oxygen atoms in total. The van der Waals surface area contributed by atoms with E-state index in [-0.39, 0.29) is 15.5 Å². The van der Waals surface area contributed by atoms with Crippen LogP contribution in [0.2, 0.25) is 5.02 Å². The monoisotopic (exact) mass is 552 g/mol. The second kappa shape index (κ2) is 10.9. The molecule has 0 aromatic heterocycles. The van der Waals surface area contributed by atoms with Gasteiger partial charge in [-0.25, -0.2) is 8.42 Å². The molecule has 0 amide bonds. The van der Waals surface area contributed by atoms with Crippen LogP contribution in [0, 0.1) is 0 Å². The first-order valence-electron chi connectivity index (χ1n) is 9.05. The van der Waals surface area contributed by atoms with Crippen LogP contribution in [-0.2, 0) is 27.4 Å². The normalized spacial score (nSPS) is 14.3. The summed E-state index contributed by atoms with van der Waals surface area (Å²) < 4.78 is 79.3. The molecule has 34 heavy (non-hydrogen) atoms. The molecule has 0 aliphatic heterocycles. The van der Waals surface area contributed by atoms with Gasteiger partial charge in [-0.1, -0.05) is 48.0 Å². The first-order chi connectivity index (χ1) is 15.7. The fraction of sp³-hybridized carbons (Fsp3) is 0.0952. The van der Waals surface area contributed by atoms with E-state index >= 15 is 0 Å². The maximum atomic E-state index is 13.2. The predicted octanol–water partition coefficient (Wildman–Crippen LogP) is 4.74. The van der Waals surface area contributed by atoms with Crippen LogP contribution in [0.25, 0.3) is 0 Å². The van der Waals surface area contributed by atoms with Crippen molar-refractivity contribution in [3.05, 3.63) is 93.8 Å². The Balaban J connectivity index is 2.64. The number of alkyl halides is 3. The molecule has 182 valence electrons. The molecular weight excluding hydrogens is 536 g/mol. The Bertz CT molecular complexity index is 1290. The number of carbonyl (C=O) groups is 1. The van der Waals surface area contributed by atoms with Crippen LogP contribution in [0.4, 0.5) is 13.2 Å². The van der Waals surface area contributed by atoms with Crippen LogP contribution in [-0.4, -0.2) is 25.0 Å². The van der Waals surface area contributed by atoms with Crippen LogP contribution in [0.1, 0.15) is 15.9 Å². The number of benzene rings is 2. The van der Waals surface area contributed by atoms with Crippen LogP contribution in [0.3, 0.4) is 0 Å². The number of hydrogen-bond donors (Lipinski definition) is 2. The third-order valence-electron chi connectivity index (χ3n) is 4.25. The summed E-state index contributed by atoms with van der Waals surface area (Å²) in [7, 11) is -4.70. The summed E-state index contributed by atoms with van der Waals surface area (Å²) in [5.74, 6) is -0.889. The van der Waals surface area contributed by atoms with E-state index in [1.54, 1.807) is 6.07 Å². The Morgan fingerprint density at radius 2 is 1.85 bits per heavy atom. The highest BCUT2D eigenvalue weighted by atomic mass is 35.5. The summed E-state index contributed by atoms with van der Waals surface area (Å²) in [6.07, 6.45) is -1.50. The minimum Gasteiger partial charge on any atom is -0.612 e. The second-order valence-electron chi connectivity index (χ2n) is 6.59. The lowest BCUT2D eigenvalue weighted by molar-refractivity contribution is -0.137. The van der Waals surface area contributed by atoms with Gasteiger partial charge in [0.1, 0.15) is 12.0 Å². The zero-order chi connectivity index (χ0) is 25.8. The summed E-state index contributed by atoms with van der Waals surface area (Å²) in [5, 5.41) is -0.830. The molecule has 0 bridgehead atoms. The fourth-order valence-electron chi connectivity index (χ4n) is 2.62. The molecule has 0 saturated carbocycles. The first-order valence-corrected chi connectivity index (χ1v) is 12.8. The van der Waals surface area contributed by atoms with Crippen molar-refractivity contribution in [2.75, 3.05) is 6.26 Å². The molecule has 0 aliphatic rings. The Kier molecular flexibility index (Phi) is 8.89. The molecule has 2 rings (SSSR count). The molecule has 0 heterocycles. The molecule has 3 N–H and O–H groups in total. The predicted molar refractivity (Wildman–Crippen MR) is 125 cm³/mol. The van der Waals surface area contributed by atoms with E-state index in [9.17, 15) is 30.9 Å². The Hall–Kier alpha value is -2.44. The molecule has 2 aromatic carbocycles. The van der Waals surface area contributed by atoms with E-state index < -0.39 is 60.0 Å². The van der Waals surface area contributed by atoms with Crippen molar-refractivity contribution in [2.24, 2.45) is 5.73 Å². The Morgan fingerprint density at radius 1 is 1.24 bits per heavy atom. The maximum absolute atomic E-state index is 13.2. The lowest BCUT2D eigenvalue weighted by atomic mass is 10.1. The Labute approximate surface area is 207 Å². The van der Waals surface area contributed by atoms with Gasteiger partial charge in [0.05, 0.1) is 26.7 Å². The van der Waals surface area contributed by atoms with Gasteiger partial charge in [-0.3, -0.25) is 9.52 Å². The average Bonchev–Trinajstić information content (AvgIpc) is 2.76. The van der Waals surface area contributed by atoms with Gasteiger partial charge in [0, 0.05) is 5.03 Å². The number of rotatable bonds is 8. The minimum absolute atomic E-state index is 0.0634. The maximum Gasteiger partial charge on any atom is 0.417 e. The van der Waals surface area contributed by atoms with Crippen molar-refractivity contribution in [2.45, 2.75) is 16.0 Å². The summed E-state index contributed by atoms with van der Waals surface area (Å²) in [5.41, 5.74) is 3.33. The largest absolute Gasteiger partial charge is 0.612 e. The highest BCUT2D eigenvalue weighted by Gasteiger charge is 2.35. The van der Waals surface area contributed by atoms with E-state index in [1.807, 2.05) is 4.72 Å². The van der Waals surface area contributed by atoms with Gasteiger partial charge in [0.2, 0.25) is 5.78 Å². The van der Waals surface area contributed by atoms with Crippen molar-refractivity contribution in [3.8, 4) is 0 Å². The molecule has 13 heteroatoms. The van der Waals surface area contributed by atoms with Crippen molar-refractivity contribution in [1.82, 2.24) is 4.72 Å². The standard InChI is InChI=1S/C21H17Cl2F3N2O4S2/c1-3-12(22)10-17(19(27)20(29)14-6-4-5-7-18(14)33(2)30)28-34(31,32)13-8-9-16(23)15(11-13)21(24,25)26/h3-11,28H,1,27H2,2H3/b12-10+,19-17+. The third-order valence-corrected chi connectivity index (χ3v) is 7.18. The molecule has 1 unspecified atom stereocenters. The minimum atomic E-state index is -4.91. The SMILES string of the molecule is C=C/C(Cl)=C\C(NS(=O)(=O)c1ccc(Cl)c(C(F)(F)F)c1)=C(/N)C(=O)c1ccccc1[S+](C)[O-]. The average molecular weight is 553 g/mol. The van der Waals surface area contributed by atoms with Gasteiger partial charge in [-0.2, -0.15) is 13.2 Å². The highest BCUT2D eigenvalue weighted by molar-refractivity contribution is 7.90. The van der Waals surface area contributed by atoms with Crippen LogP contribution in [0.5, 0.6) is 0 Å². The van der Waals surface area contributed by atoms with Crippen LogP contribution >= 0.6 is 23.2 Å². The molecule has 0 saturated heterocycles. The van der Waals surface area contributed by atoms with Gasteiger partial charge in [0.15, 0.2) is 4.90 Å².